The summed E-state index contributed by atoms with van der Waals surface area (Å²) >= 11 is 12.3. The van der Waals surface area contributed by atoms with Gasteiger partial charge in [0.2, 0.25) is 15.7 Å². The van der Waals surface area contributed by atoms with Crippen molar-refractivity contribution >= 4 is 67.0 Å². The molecule has 0 spiro atoms. The zero-order chi connectivity index (χ0) is 40.2. The van der Waals surface area contributed by atoms with Gasteiger partial charge in [0.15, 0.2) is 11.9 Å². The highest BCUT2D eigenvalue weighted by Gasteiger charge is 2.26. The van der Waals surface area contributed by atoms with E-state index in [1.54, 1.807) is 61.7 Å². The molecule has 1 atom stereocenters. The van der Waals surface area contributed by atoms with Gasteiger partial charge in [0.05, 0.1) is 38.3 Å². The number of methoxy groups -OCH3 is 1. The molecule has 5 aromatic rings. The van der Waals surface area contributed by atoms with Crippen LogP contribution in [0, 0.1) is 0 Å². The molecule has 13 heteroatoms. The molecule has 1 unspecified atom stereocenters. The maximum absolute atomic E-state index is 14.2. The highest BCUT2D eigenvalue weighted by molar-refractivity contribution is 7.91. The number of sulfone groups is 1. The number of halogens is 2. The molecule has 0 aliphatic heterocycles. The first-order valence-electron chi connectivity index (χ1n) is 18.6. The third-order valence-corrected chi connectivity index (χ3v) is 11.7. The van der Waals surface area contributed by atoms with Crippen molar-refractivity contribution in [3.8, 4) is 28.7 Å². The number of carbonyl (C=O) groups is 2. The molecule has 0 aliphatic rings. The summed E-state index contributed by atoms with van der Waals surface area (Å²) in [6.07, 6.45) is 7.76. The van der Waals surface area contributed by atoms with E-state index in [4.69, 9.17) is 37.4 Å². The first-order chi connectivity index (χ1) is 26.9. The van der Waals surface area contributed by atoms with Gasteiger partial charge in [-0.3, -0.25) is 9.59 Å². The lowest BCUT2D eigenvalue weighted by Crippen LogP contribution is -2.33. The average Bonchev–Trinajstić information content (AvgIpc) is 3.18. The summed E-state index contributed by atoms with van der Waals surface area (Å²) in [6, 6.07) is 23.6. The van der Waals surface area contributed by atoms with Crippen molar-refractivity contribution in [2.24, 2.45) is 0 Å². The summed E-state index contributed by atoms with van der Waals surface area (Å²) in [4.78, 5) is 26.2. The van der Waals surface area contributed by atoms with Crippen molar-refractivity contribution in [1.82, 2.24) is 0 Å². The standard InChI is InChI=1S/C43H46Cl2N2O8S/c1-4-5-6-7-8-9-10-11-16-40(43(50)47-37-26-38(49)36(46-28(2)48)27-41(37)54-30-21-19-29(53-3)20-22-30)55-39-17-12-15-33-32(39)14-13-18-42(33)56(51,52)31-23-24-34(44)35(45)25-31/h12-15,17-27,40,49H,4-11,16H2,1-3H3,(H,46,48)(H,47,50). The van der Waals surface area contributed by atoms with Gasteiger partial charge >= 0.3 is 0 Å². The number of aromatic hydroxyl groups is 1. The van der Waals surface area contributed by atoms with Crippen LogP contribution >= 0.6 is 23.2 Å². The quantitative estimate of drug-likeness (QED) is 0.0552. The van der Waals surface area contributed by atoms with Gasteiger partial charge in [-0.1, -0.05) is 99.3 Å². The summed E-state index contributed by atoms with van der Waals surface area (Å²) in [5.41, 5.74) is 0.225. The van der Waals surface area contributed by atoms with E-state index >= 15 is 0 Å². The Hall–Kier alpha value is -4.97. The van der Waals surface area contributed by atoms with Gasteiger partial charge in [-0.25, -0.2) is 8.42 Å². The van der Waals surface area contributed by atoms with Crippen LogP contribution in [0.25, 0.3) is 10.8 Å². The molecular weight excluding hydrogens is 775 g/mol. The maximum atomic E-state index is 14.2. The number of benzene rings is 5. The van der Waals surface area contributed by atoms with Gasteiger partial charge in [-0.15, -0.1) is 0 Å². The summed E-state index contributed by atoms with van der Waals surface area (Å²) in [7, 11) is -2.49. The van der Waals surface area contributed by atoms with Crippen LogP contribution in [-0.4, -0.2) is 38.6 Å². The van der Waals surface area contributed by atoms with Gasteiger partial charge in [-0.2, -0.15) is 0 Å². The second kappa shape index (κ2) is 19.8. The van der Waals surface area contributed by atoms with Gasteiger partial charge in [0.1, 0.15) is 23.0 Å². The normalized spacial score (nSPS) is 11.9. The first-order valence-corrected chi connectivity index (χ1v) is 20.8. The van der Waals surface area contributed by atoms with E-state index in [0.29, 0.717) is 40.9 Å². The number of hydrogen-bond donors (Lipinski definition) is 3. The fourth-order valence-electron chi connectivity index (χ4n) is 6.25. The monoisotopic (exact) mass is 820 g/mol. The van der Waals surface area contributed by atoms with Crippen LogP contribution < -0.4 is 24.8 Å². The maximum Gasteiger partial charge on any atom is 0.265 e. The zero-order valence-electron chi connectivity index (χ0n) is 31.6. The lowest BCUT2D eigenvalue weighted by Gasteiger charge is -2.22. The predicted molar refractivity (Wildman–Crippen MR) is 222 cm³/mol. The second-order valence-electron chi connectivity index (χ2n) is 13.4. The largest absolute Gasteiger partial charge is 0.506 e. The Bertz CT molecular complexity index is 2270. The van der Waals surface area contributed by atoms with Crippen molar-refractivity contribution in [2.75, 3.05) is 17.7 Å². The number of amides is 2. The third-order valence-electron chi connectivity index (χ3n) is 9.17. The van der Waals surface area contributed by atoms with Crippen LogP contribution in [0.5, 0.6) is 28.7 Å². The van der Waals surface area contributed by atoms with E-state index in [0.717, 1.165) is 25.7 Å². The lowest BCUT2D eigenvalue weighted by atomic mass is 10.0. The average molecular weight is 822 g/mol. The Labute approximate surface area is 338 Å². The van der Waals surface area contributed by atoms with E-state index in [1.807, 2.05) is 0 Å². The molecule has 56 heavy (non-hydrogen) atoms. The summed E-state index contributed by atoms with van der Waals surface area (Å²) < 4.78 is 45.7. The molecule has 0 saturated heterocycles. The van der Waals surface area contributed by atoms with E-state index in [9.17, 15) is 23.1 Å². The van der Waals surface area contributed by atoms with Crippen LogP contribution in [0.3, 0.4) is 0 Å². The van der Waals surface area contributed by atoms with E-state index in [-0.39, 0.29) is 42.7 Å². The molecule has 0 bridgehead atoms. The van der Waals surface area contributed by atoms with Crippen LogP contribution in [-0.2, 0) is 19.4 Å². The lowest BCUT2D eigenvalue weighted by molar-refractivity contribution is -0.123. The summed E-state index contributed by atoms with van der Waals surface area (Å²) in [6.45, 7) is 3.49. The molecule has 0 aliphatic carbocycles. The van der Waals surface area contributed by atoms with E-state index in [2.05, 4.69) is 17.6 Å². The fourth-order valence-corrected chi connectivity index (χ4v) is 8.11. The molecule has 0 aromatic heterocycles. The Kier molecular flexibility index (Phi) is 14.9. The Morgan fingerprint density at radius 3 is 2.07 bits per heavy atom. The van der Waals surface area contributed by atoms with Crippen LogP contribution in [0.1, 0.15) is 71.6 Å². The van der Waals surface area contributed by atoms with Gasteiger partial charge in [0.25, 0.3) is 5.91 Å². The Balaban J connectivity index is 1.47. The second-order valence-corrected chi connectivity index (χ2v) is 16.1. The number of anilines is 2. The number of carbonyl (C=O) groups excluding carboxylic acids is 2. The topological polar surface area (TPSA) is 140 Å². The van der Waals surface area contributed by atoms with Gasteiger partial charge in [0, 0.05) is 29.8 Å². The predicted octanol–water partition coefficient (Wildman–Crippen LogP) is 11.4. The minimum atomic E-state index is -4.03. The molecule has 5 aromatic carbocycles. The van der Waals surface area contributed by atoms with Crippen molar-refractivity contribution < 1.29 is 37.3 Å². The number of hydrogen-bond acceptors (Lipinski definition) is 8. The van der Waals surface area contributed by atoms with Crippen LogP contribution in [0.4, 0.5) is 11.4 Å². The highest BCUT2D eigenvalue weighted by Crippen LogP contribution is 2.40. The molecule has 0 fully saturated rings. The van der Waals surface area contributed by atoms with Crippen molar-refractivity contribution in [3.05, 3.63) is 101 Å². The molecule has 296 valence electrons. The SMILES string of the molecule is CCCCCCCCCCC(Oc1cccc2c(S(=O)(=O)c3ccc(Cl)c(Cl)c3)cccc12)C(=O)Nc1cc(O)c(NC(C)=O)cc1Oc1ccc(OC)cc1. The highest BCUT2D eigenvalue weighted by atomic mass is 35.5. The summed E-state index contributed by atoms with van der Waals surface area (Å²) in [5.74, 6) is 0.275. The molecule has 2 amide bonds. The minimum Gasteiger partial charge on any atom is -0.506 e. The number of ether oxygens (including phenoxy) is 3. The third kappa shape index (κ3) is 10.9. The van der Waals surface area contributed by atoms with Crippen molar-refractivity contribution in [2.45, 2.75) is 87.5 Å². The van der Waals surface area contributed by atoms with Gasteiger partial charge < -0.3 is 30.0 Å². The number of rotatable bonds is 19. The van der Waals surface area contributed by atoms with Crippen LogP contribution in [0.2, 0.25) is 10.0 Å². The molecule has 0 radical (unpaired) electrons. The van der Waals surface area contributed by atoms with Crippen LogP contribution in [0.15, 0.2) is 101 Å². The van der Waals surface area contributed by atoms with Gasteiger partial charge in [-0.05, 0) is 67.4 Å². The molecular formula is C43H46Cl2N2O8S. The smallest absolute Gasteiger partial charge is 0.265 e. The van der Waals surface area contributed by atoms with Crippen molar-refractivity contribution in [1.29, 1.82) is 0 Å². The van der Waals surface area contributed by atoms with E-state index in [1.165, 1.54) is 62.6 Å². The number of unbranched alkanes of at least 4 members (excludes halogenated alkanes) is 7. The molecule has 0 heterocycles. The van der Waals surface area contributed by atoms with E-state index < -0.39 is 27.8 Å². The number of fused-ring (bicyclic) bond motifs is 1. The Morgan fingerprint density at radius 2 is 1.39 bits per heavy atom. The minimum absolute atomic E-state index is 0.0156. The number of phenolic OH excluding ortho intramolecular Hbond substituents is 1. The summed E-state index contributed by atoms with van der Waals surface area (Å²) in [5, 5.41) is 17.5. The number of phenols is 1. The molecule has 5 rings (SSSR count). The Morgan fingerprint density at radius 1 is 0.732 bits per heavy atom. The molecule has 3 N–H and O–H groups in total. The molecule has 0 saturated carbocycles. The number of nitrogens with one attached hydrogen (secondary N) is 2. The first kappa shape index (κ1) is 42.2. The fraction of sp³-hybridized carbons (Fsp3) is 0.302. The molecule has 10 nitrogen and oxygen atoms in total. The van der Waals surface area contributed by atoms with Crippen molar-refractivity contribution in [3.63, 3.8) is 0 Å². The zero-order valence-corrected chi connectivity index (χ0v) is 33.9.